The number of alkyl halides is 2. The van der Waals surface area contributed by atoms with Crippen molar-refractivity contribution in [1.29, 1.82) is 0 Å². The first-order valence-electron chi connectivity index (χ1n) is 6.08. The third kappa shape index (κ3) is 5.03. The van der Waals surface area contributed by atoms with Crippen LogP contribution < -0.4 is 9.47 Å². The smallest absolute Gasteiger partial charge is 0.452 e. The highest BCUT2D eigenvalue weighted by atomic mass is 127. The van der Waals surface area contributed by atoms with Crippen LogP contribution in [0.1, 0.15) is 5.56 Å². The maximum absolute atomic E-state index is 13.1. The lowest BCUT2D eigenvalue weighted by Crippen LogP contribution is -2.19. The van der Waals surface area contributed by atoms with E-state index in [1.807, 2.05) is 52.9 Å². The Bertz CT molecular complexity index is 593. The molecule has 6 heteroatoms. The van der Waals surface area contributed by atoms with Crippen LogP contribution in [0.4, 0.5) is 8.78 Å². The van der Waals surface area contributed by atoms with Crippen LogP contribution in [0.5, 0.6) is 11.5 Å². The molecule has 0 heterocycles. The van der Waals surface area contributed by atoms with Crippen LogP contribution in [0.3, 0.4) is 0 Å². The fraction of sp³-hybridized carbons (Fsp3) is 0.200. The van der Waals surface area contributed by atoms with Gasteiger partial charge in [0.15, 0.2) is 0 Å². The van der Waals surface area contributed by atoms with Gasteiger partial charge in [0.05, 0.1) is 3.57 Å². The molecular formula is C15H13F2IO2S. The largest absolute Gasteiger partial charge is 0.488 e. The zero-order chi connectivity index (χ0) is 15.3. The van der Waals surface area contributed by atoms with Crippen LogP contribution in [-0.4, -0.2) is 11.7 Å². The number of thioether (sulfide) groups is 1. The molecule has 0 N–H and O–H groups in total. The Morgan fingerprint density at radius 3 is 2.48 bits per heavy atom. The number of benzene rings is 2. The minimum Gasteiger partial charge on any atom is -0.488 e. The molecule has 112 valence electrons. The van der Waals surface area contributed by atoms with Crippen molar-refractivity contribution in [3.8, 4) is 11.5 Å². The predicted molar refractivity (Wildman–Crippen MR) is 89.0 cm³/mol. The number of ether oxygens (including phenoxy) is 2. The van der Waals surface area contributed by atoms with Crippen LogP contribution in [0.2, 0.25) is 0 Å². The molecule has 0 aromatic heterocycles. The average Bonchev–Trinajstić information content (AvgIpc) is 2.47. The molecule has 21 heavy (non-hydrogen) atoms. The van der Waals surface area contributed by atoms with E-state index in [9.17, 15) is 8.78 Å². The maximum Gasteiger partial charge on any atom is 0.452 e. The Kier molecular flexibility index (Phi) is 5.69. The first-order chi connectivity index (χ1) is 10.00. The predicted octanol–water partition coefficient (Wildman–Crippen LogP) is 5.16. The highest BCUT2D eigenvalue weighted by Gasteiger charge is 2.30. The van der Waals surface area contributed by atoms with Crippen molar-refractivity contribution in [3.05, 3.63) is 57.7 Å². The van der Waals surface area contributed by atoms with E-state index in [4.69, 9.17) is 4.74 Å². The summed E-state index contributed by atoms with van der Waals surface area (Å²) in [5.74, 6) is 0.755. The summed E-state index contributed by atoms with van der Waals surface area (Å²) in [5, 5.41) is 0. The van der Waals surface area contributed by atoms with Crippen molar-refractivity contribution in [2.45, 2.75) is 12.0 Å². The molecule has 0 aliphatic heterocycles. The van der Waals surface area contributed by atoms with Crippen LogP contribution in [0.25, 0.3) is 0 Å². The molecule has 0 spiro atoms. The molecule has 2 nitrogen and oxygen atoms in total. The monoisotopic (exact) mass is 424 g/mol. The van der Waals surface area contributed by atoms with Crippen molar-refractivity contribution in [2.75, 3.05) is 6.26 Å². The molecule has 0 unspecified atom stereocenters. The van der Waals surface area contributed by atoms with Gasteiger partial charge < -0.3 is 9.47 Å². The van der Waals surface area contributed by atoms with Gasteiger partial charge in [-0.05, 0) is 64.4 Å². The molecule has 0 saturated carbocycles. The number of rotatable bonds is 6. The summed E-state index contributed by atoms with van der Waals surface area (Å²) in [7, 11) is 0. The van der Waals surface area contributed by atoms with Crippen molar-refractivity contribution in [1.82, 2.24) is 0 Å². The Morgan fingerprint density at radius 2 is 1.86 bits per heavy atom. The summed E-state index contributed by atoms with van der Waals surface area (Å²) in [6.45, 7) is 0.429. The molecule has 2 aromatic rings. The molecule has 0 fully saturated rings. The highest BCUT2D eigenvalue weighted by molar-refractivity contribution is 14.1. The maximum atomic E-state index is 13.1. The third-order valence-electron chi connectivity index (χ3n) is 2.61. The van der Waals surface area contributed by atoms with Gasteiger partial charge in [-0.2, -0.15) is 8.78 Å². The summed E-state index contributed by atoms with van der Waals surface area (Å²) in [6, 6.07) is 14.4. The van der Waals surface area contributed by atoms with Crippen LogP contribution in [0, 0.1) is 3.57 Å². The first-order valence-corrected chi connectivity index (χ1v) is 8.39. The van der Waals surface area contributed by atoms with Crippen LogP contribution in [0.15, 0.2) is 48.5 Å². The number of hydrogen-bond acceptors (Lipinski definition) is 3. The van der Waals surface area contributed by atoms with Gasteiger partial charge in [-0.25, -0.2) is 0 Å². The fourth-order valence-corrected chi connectivity index (χ4v) is 2.40. The second kappa shape index (κ2) is 7.31. The number of hydrogen-bond donors (Lipinski definition) is 0. The van der Waals surface area contributed by atoms with E-state index in [1.54, 1.807) is 6.07 Å². The zero-order valence-corrected chi connectivity index (χ0v) is 14.2. The summed E-state index contributed by atoms with van der Waals surface area (Å²) in [4.78, 5) is 0. The van der Waals surface area contributed by atoms with E-state index < -0.39 is 5.44 Å². The topological polar surface area (TPSA) is 18.5 Å². The lowest BCUT2D eigenvalue weighted by atomic mass is 10.2. The Morgan fingerprint density at radius 1 is 1.14 bits per heavy atom. The van der Waals surface area contributed by atoms with E-state index in [0.717, 1.165) is 9.13 Å². The minimum absolute atomic E-state index is 0.116. The van der Waals surface area contributed by atoms with Gasteiger partial charge in [-0.15, -0.1) is 0 Å². The fourth-order valence-electron chi connectivity index (χ4n) is 1.58. The van der Waals surface area contributed by atoms with E-state index in [2.05, 4.69) is 4.74 Å². The molecule has 2 aromatic carbocycles. The molecule has 0 saturated heterocycles. The van der Waals surface area contributed by atoms with Crippen molar-refractivity contribution >= 4 is 34.4 Å². The number of halogens is 3. The van der Waals surface area contributed by atoms with Crippen molar-refractivity contribution in [3.63, 3.8) is 0 Å². The van der Waals surface area contributed by atoms with Gasteiger partial charge in [-0.3, -0.25) is 0 Å². The average molecular weight is 424 g/mol. The van der Waals surface area contributed by atoms with E-state index in [0.29, 0.717) is 24.1 Å². The molecule has 0 aliphatic carbocycles. The molecule has 0 atom stereocenters. The van der Waals surface area contributed by atoms with Gasteiger partial charge in [0, 0.05) is 0 Å². The summed E-state index contributed by atoms with van der Waals surface area (Å²) in [5.41, 5.74) is -2.18. The Hall–Kier alpha value is -1.02. The van der Waals surface area contributed by atoms with Gasteiger partial charge >= 0.3 is 5.44 Å². The molecule has 0 aliphatic rings. The highest BCUT2D eigenvalue weighted by Crippen LogP contribution is 2.33. The van der Waals surface area contributed by atoms with Crippen molar-refractivity contribution in [2.24, 2.45) is 0 Å². The van der Waals surface area contributed by atoms with E-state index >= 15 is 0 Å². The van der Waals surface area contributed by atoms with Gasteiger partial charge in [0.25, 0.3) is 0 Å². The zero-order valence-electron chi connectivity index (χ0n) is 11.2. The van der Waals surface area contributed by atoms with E-state index in [-0.39, 0.29) is 5.75 Å². The second-order valence-electron chi connectivity index (χ2n) is 4.14. The molecule has 0 amide bonds. The minimum atomic E-state index is -3.23. The first kappa shape index (κ1) is 16.4. The summed E-state index contributed by atoms with van der Waals surface area (Å²) >= 11 is 2.39. The summed E-state index contributed by atoms with van der Waals surface area (Å²) in [6.07, 6.45) is 1.29. The molecular weight excluding hydrogens is 411 g/mol. The van der Waals surface area contributed by atoms with Crippen molar-refractivity contribution < 1.29 is 18.3 Å². The van der Waals surface area contributed by atoms with Gasteiger partial charge in [0.2, 0.25) is 0 Å². The second-order valence-corrected chi connectivity index (χ2v) is 6.18. The Balaban J connectivity index is 2.02. The third-order valence-corrected chi connectivity index (χ3v) is 4.02. The summed E-state index contributed by atoms with van der Waals surface area (Å²) < 4.78 is 37.3. The molecule has 0 bridgehead atoms. The molecule has 2 rings (SSSR count). The Labute approximate surface area is 140 Å². The van der Waals surface area contributed by atoms with Gasteiger partial charge in [0.1, 0.15) is 18.1 Å². The normalized spacial score (nSPS) is 11.2. The lowest BCUT2D eigenvalue weighted by molar-refractivity contribution is -0.0875. The van der Waals surface area contributed by atoms with Crippen LogP contribution >= 0.6 is 34.4 Å². The van der Waals surface area contributed by atoms with Gasteiger partial charge in [-0.1, -0.05) is 30.3 Å². The SMILES string of the molecule is CS[14C](F)(F)Oc1ccc(OCc2ccccc2)c(I)c1. The molecule has 0 radical (unpaired) electrons. The lowest BCUT2D eigenvalue weighted by Gasteiger charge is -2.16. The van der Waals surface area contributed by atoms with E-state index in [1.165, 1.54) is 18.4 Å². The standard InChI is InChI=1S/C15H13F2IO2S/c1-21-15(16,17)20-12-7-8-14(13(18)9-12)19-10-11-5-3-2-4-6-11/h2-9H,10H2,1H3/i15+2. The quantitative estimate of drug-likeness (QED) is 0.472. The van der Waals surface area contributed by atoms with Crippen LogP contribution in [-0.2, 0) is 6.61 Å².